The van der Waals surface area contributed by atoms with E-state index in [0.717, 1.165) is 77.4 Å². The third kappa shape index (κ3) is 3.74. The van der Waals surface area contributed by atoms with E-state index in [1.807, 2.05) is 31.2 Å². The van der Waals surface area contributed by atoms with E-state index in [1.165, 1.54) is 5.69 Å². The van der Waals surface area contributed by atoms with Crippen molar-refractivity contribution in [2.75, 3.05) is 44.7 Å². The van der Waals surface area contributed by atoms with Crippen LogP contribution in [-0.4, -0.2) is 55.5 Å². The zero-order chi connectivity index (χ0) is 21.4. The van der Waals surface area contributed by atoms with E-state index in [0.29, 0.717) is 6.61 Å². The average Bonchev–Trinajstić information content (AvgIpc) is 3.18. The highest BCUT2D eigenvalue weighted by molar-refractivity contribution is 6.25. The lowest BCUT2D eigenvalue weighted by Gasteiger charge is -2.34. The van der Waals surface area contributed by atoms with Crippen molar-refractivity contribution in [2.45, 2.75) is 19.8 Å². The first-order valence-electron chi connectivity index (χ1n) is 11.2. The summed E-state index contributed by atoms with van der Waals surface area (Å²) in [6.07, 6.45) is 3.87. The topological polar surface area (TPSA) is 48.6 Å². The lowest BCUT2D eigenvalue weighted by Crippen LogP contribution is -2.44. The quantitative estimate of drug-likeness (QED) is 0.651. The van der Waals surface area contributed by atoms with E-state index in [2.05, 4.69) is 46.1 Å². The molecular formula is C26H29N3O2. The first kappa shape index (κ1) is 19.9. The van der Waals surface area contributed by atoms with E-state index in [4.69, 9.17) is 4.74 Å². The number of anilines is 1. The highest BCUT2D eigenvalue weighted by atomic mass is 16.5. The van der Waals surface area contributed by atoms with Gasteiger partial charge in [0.25, 0.3) is 0 Å². The molecule has 1 fully saturated rings. The number of benzene rings is 2. The van der Waals surface area contributed by atoms with Gasteiger partial charge in [-0.2, -0.15) is 0 Å². The Balaban J connectivity index is 1.59. The molecule has 0 saturated carbocycles. The van der Waals surface area contributed by atoms with Crippen LogP contribution in [-0.2, 0) is 0 Å². The van der Waals surface area contributed by atoms with Crippen LogP contribution in [0.2, 0.25) is 0 Å². The largest absolute Gasteiger partial charge is 0.494 e. The maximum atomic E-state index is 13.5. The van der Waals surface area contributed by atoms with Gasteiger partial charge in [0.15, 0.2) is 5.78 Å². The Bertz CT molecular complexity index is 1230. The van der Waals surface area contributed by atoms with Crippen LogP contribution in [0.5, 0.6) is 5.75 Å². The molecule has 0 atom stereocenters. The number of piperazine rings is 1. The summed E-state index contributed by atoms with van der Waals surface area (Å²) in [5.41, 5.74) is 3.96. The molecule has 2 aromatic carbocycles. The van der Waals surface area contributed by atoms with Gasteiger partial charge in [-0.05, 0) is 69.3 Å². The van der Waals surface area contributed by atoms with Crippen LogP contribution in [0.15, 0.2) is 42.5 Å². The van der Waals surface area contributed by atoms with Crippen LogP contribution < -0.4 is 20.2 Å². The Morgan fingerprint density at radius 3 is 2.58 bits per heavy atom. The Morgan fingerprint density at radius 1 is 1.06 bits per heavy atom. The standard InChI is InChI=1S/C26H29N3O2/c1-3-31-20-10-7-18(8-11-20)26(30)21-5-4-6-24-25(21)22-17-19(9-12-23(22)27-24)29-15-13-28(2)14-16-29/h6-12,17,27H,3-5,13-16H2,1-2H3. The third-order valence-electron chi connectivity index (χ3n) is 6.43. The van der Waals surface area contributed by atoms with Crippen molar-refractivity contribution in [1.82, 2.24) is 9.88 Å². The fraction of sp³-hybridized carbons (Fsp3) is 0.346. The van der Waals surface area contributed by atoms with Gasteiger partial charge in [-0.15, -0.1) is 0 Å². The number of hydrogen-bond donors (Lipinski definition) is 1. The smallest absolute Gasteiger partial charge is 0.189 e. The molecule has 0 spiro atoms. The Labute approximate surface area is 182 Å². The molecular weight excluding hydrogens is 386 g/mol. The van der Waals surface area contributed by atoms with Crippen LogP contribution >= 0.6 is 0 Å². The maximum Gasteiger partial charge on any atom is 0.189 e. The first-order valence-corrected chi connectivity index (χ1v) is 11.2. The highest BCUT2D eigenvalue weighted by Crippen LogP contribution is 2.23. The van der Waals surface area contributed by atoms with Crippen molar-refractivity contribution in [3.63, 3.8) is 0 Å². The highest BCUT2D eigenvalue weighted by Gasteiger charge is 2.20. The van der Waals surface area contributed by atoms with Crippen molar-refractivity contribution >= 4 is 34.0 Å². The normalized spacial score (nSPS) is 16.8. The van der Waals surface area contributed by atoms with E-state index < -0.39 is 0 Å². The van der Waals surface area contributed by atoms with Gasteiger partial charge in [0, 0.05) is 64.5 Å². The lowest BCUT2D eigenvalue weighted by atomic mass is 9.93. The van der Waals surface area contributed by atoms with Gasteiger partial charge in [0.05, 0.1) is 6.61 Å². The SMILES string of the molecule is CCOc1ccc(C(=O)C2=c3c([nH]c4ccc(N5CCN(C)CC5)cc34)=CCC2)cc1. The van der Waals surface area contributed by atoms with E-state index >= 15 is 0 Å². The molecule has 5 nitrogen and oxygen atoms in total. The van der Waals surface area contributed by atoms with Crippen LogP contribution in [0, 0.1) is 0 Å². The second kappa shape index (κ2) is 8.23. The number of Topliss-reactive ketones (excluding diaryl/α,β-unsaturated/α-hetero) is 1. The van der Waals surface area contributed by atoms with Gasteiger partial charge in [-0.25, -0.2) is 0 Å². The number of likely N-dealkylation sites (N-methyl/N-ethyl adjacent to an activating group) is 1. The number of H-pyrrole nitrogens is 1. The predicted molar refractivity (Wildman–Crippen MR) is 126 cm³/mol. The molecule has 0 unspecified atom stereocenters. The minimum atomic E-state index is 0.114. The van der Waals surface area contributed by atoms with E-state index in [1.54, 1.807) is 0 Å². The number of aromatic nitrogens is 1. The molecule has 2 aliphatic rings. The molecule has 0 radical (unpaired) electrons. The van der Waals surface area contributed by atoms with Crippen LogP contribution in [0.3, 0.4) is 0 Å². The predicted octanol–water partition coefficient (Wildman–Crippen LogP) is 2.93. The second-order valence-corrected chi connectivity index (χ2v) is 8.44. The van der Waals surface area contributed by atoms with Crippen molar-refractivity contribution in [3.05, 3.63) is 58.6 Å². The third-order valence-corrected chi connectivity index (χ3v) is 6.43. The number of nitrogens with one attached hydrogen (secondary N) is 1. The molecule has 5 heteroatoms. The summed E-state index contributed by atoms with van der Waals surface area (Å²) < 4.78 is 5.53. The summed E-state index contributed by atoms with van der Waals surface area (Å²) in [5.74, 6) is 0.911. The molecule has 3 aromatic rings. The molecule has 31 heavy (non-hydrogen) atoms. The summed E-state index contributed by atoms with van der Waals surface area (Å²) in [5, 5.41) is 3.30. The average molecular weight is 416 g/mol. The monoisotopic (exact) mass is 415 g/mol. The summed E-state index contributed by atoms with van der Waals surface area (Å²) in [6.45, 7) is 6.79. The molecule has 1 N–H and O–H groups in total. The minimum absolute atomic E-state index is 0.114. The Hall–Kier alpha value is -3.05. The molecule has 1 aliphatic heterocycles. The Kier molecular flexibility index (Phi) is 5.28. The molecule has 0 bridgehead atoms. The molecule has 0 amide bonds. The molecule has 1 saturated heterocycles. The fourth-order valence-corrected chi connectivity index (χ4v) is 4.70. The number of hydrogen-bond acceptors (Lipinski definition) is 4. The number of carbonyl (C=O) groups is 1. The van der Waals surface area contributed by atoms with Crippen LogP contribution in [0.4, 0.5) is 5.69 Å². The first-order chi connectivity index (χ1) is 15.1. The number of fused-ring (bicyclic) bond motifs is 3. The lowest BCUT2D eigenvalue weighted by molar-refractivity contribution is 0.105. The van der Waals surface area contributed by atoms with Crippen molar-refractivity contribution < 1.29 is 9.53 Å². The number of carbonyl (C=O) groups excluding carboxylic acids is 1. The summed E-state index contributed by atoms with van der Waals surface area (Å²) >= 11 is 0. The molecule has 5 rings (SSSR count). The van der Waals surface area contributed by atoms with Crippen molar-refractivity contribution in [1.29, 1.82) is 0 Å². The van der Waals surface area contributed by atoms with Crippen LogP contribution in [0.25, 0.3) is 22.6 Å². The van der Waals surface area contributed by atoms with Gasteiger partial charge >= 0.3 is 0 Å². The number of rotatable bonds is 5. The summed E-state index contributed by atoms with van der Waals surface area (Å²) in [7, 11) is 2.17. The number of ketones is 1. The maximum absolute atomic E-state index is 13.5. The summed E-state index contributed by atoms with van der Waals surface area (Å²) in [6, 6.07) is 14.1. The van der Waals surface area contributed by atoms with Gasteiger partial charge < -0.3 is 19.5 Å². The van der Waals surface area contributed by atoms with E-state index in [-0.39, 0.29) is 5.78 Å². The van der Waals surface area contributed by atoms with Crippen LogP contribution in [0.1, 0.15) is 30.1 Å². The van der Waals surface area contributed by atoms with E-state index in [9.17, 15) is 4.79 Å². The second-order valence-electron chi connectivity index (χ2n) is 8.44. The van der Waals surface area contributed by atoms with Gasteiger partial charge in [-0.1, -0.05) is 6.08 Å². The molecule has 1 aromatic heterocycles. The number of ether oxygens (including phenoxy) is 1. The van der Waals surface area contributed by atoms with Crippen molar-refractivity contribution in [2.24, 2.45) is 0 Å². The van der Waals surface area contributed by atoms with Gasteiger partial charge in [0.2, 0.25) is 0 Å². The van der Waals surface area contributed by atoms with Gasteiger partial charge in [-0.3, -0.25) is 4.79 Å². The zero-order valence-corrected chi connectivity index (χ0v) is 18.3. The molecule has 1 aliphatic carbocycles. The number of nitrogens with zero attached hydrogens (tertiary/aromatic N) is 2. The zero-order valence-electron chi connectivity index (χ0n) is 18.3. The van der Waals surface area contributed by atoms with Gasteiger partial charge in [0.1, 0.15) is 5.75 Å². The number of aromatic amines is 1. The fourth-order valence-electron chi connectivity index (χ4n) is 4.70. The Morgan fingerprint density at radius 2 is 1.84 bits per heavy atom. The summed E-state index contributed by atoms with van der Waals surface area (Å²) in [4.78, 5) is 21.8. The minimum Gasteiger partial charge on any atom is -0.494 e. The molecule has 2 heterocycles. The molecule has 160 valence electrons. The van der Waals surface area contributed by atoms with Crippen molar-refractivity contribution in [3.8, 4) is 5.75 Å².